The Morgan fingerprint density at radius 3 is 1.71 bits per heavy atom. The molecule has 0 atom stereocenters. The lowest BCUT2D eigenvalue weighted by atomic mass is 9.74. The van der Waals surface area contributed by atoms with E-state index in [-0.39, 0.29) is 10.8 Å². The lowest BCUT2D eigenvalue weighted by Gasteiger charge is -2.32. The molecule has 1 aromatic carbocycles. The first kappa shape index (κ1) is 13.9. The van der Waals surface area contributed by atoms with E-state index in [2.05, 4.69) is 41.5 Å². The van der Waals surface area contributed by atoms with Gasteiger partial charge in [0.25, 0.3) is 0 Å². The second kappa shape index (κ2) is 4.25. The molecule has 0 spiro atoms. The molecule has 0 bridgehead atoms. The van der Waals surface area contributed by atoms with Crippen LogP contribution in [0.25, 0.3) is 0 Å². The summed E-state index contributed by atoms with van der Waals surface area (Å²) in [6, 6.07) is 3.56. The summed E-state index contributed by atoms with van der Waals surface area (Å²) in [5.74, 6) is 1.20. The standard InChI is InChI=1S/C15H24O2/c1-14(2,3)12-10(16)8-9-11(17-7)13(12)15(4,5)6/h8-9,16H,1-7H3. The van der Waals surface area contributed by atoms with Gasteiger partial charge in [-0.25, -0.2) is 0 Å². The molecule has 2 nitrogen and oxygen atoms in total. The van der Waals surface area contributed by atoms with Crippen LogP contribution in [0.15, 0.2) is 12.1 Å². The fraction of sp³-hybridized carbons (Fsp3) is 0.600. The molecular formula is C15H24O2. The molecule has 1 rings (SSSR count). The number of phenols is 1. The highest BCUT2D eigenvalue weighted by atomic mass is 16.5. The van der Waals surface area contributed by atoms with Crippen LogP contribution in [0, 0.1) is 0 Å². The molecule has 0 aliphatic carbocycles. The van der Waals surface area contributed by atoms with E-state index < -0.39 is 0 Å². The van der Waals surface area contributed by atoms with Crippen LogP contribution in [-0.2, 0) is 10.8 Å². The third kappa shape index (κ3) is 2.74. The number of aromatic hydroxyl groups is 1. The van der Waals surface area contributed by atoms with Crippen LogP contribution in [-0.4, -0.2) is 12.2 Å². The summed E-state index contributed by atoms with van der Waals surface area (Å²) in [4.78, 5) is 0. The van der Waals surface area contributed by atoms with Gasteiger partial charge in [-0.05, 0) is 23.0 Å². The minimum Gasteiger partial charge on any atom is -0.508 e. The highest BCUT2D eigenvalue weighted by Gasteiger charge is 2.30. The number of rotatable bonds is 1. The van der Waals surface area contributed by atoms with Crippen molar-refractivity contribution in [1.29, 1.82) is 0 Å². The van der Waals surface area contributed by atoms with E-state index in [1.807, 2.05) is 6.07 Å². The molecule has 0 aliphatic heterocycles. The first-order chi connectivity index (χ1) is 7.59. The minimum atomic E-state index is -0.110. The molecule has 0 amide bonds. The van der Waals surface area contributed by atoms with Crippen LogP contribution in [0.5, 0.6) is 11.5 Å². The molecule has 0 radical (unpaired) electrons. The zero-order chi connectivity index (χ0) is 13.4. The van der Waals surface area contributed by atoms with Crippen molar-refractivity contribution in [1.82, 2.24) is 0 Å². The molecule has 0 unspecified atom stereocenters. The lowest BCUT2D eigenvalue weighted by Crippen LogP contribution is -2.23. The Morgan fingerprint density at radius 2 is 1.35 bits per heavy atom. The third-order valence-corrected chi connectivity index (χ3v) is 2.87. The van der Waals surface area contributed by atoms with E-state index in [0.29, 0.717) is 5.75 Å². The number of phenolic OH excluding ortho intramolecular Hbond substituents is 1. The number of ether oxygens (including phenoxy) is 1. The van der Waals surface area contributed by atoms with Gasteiger partial charge < -0.3 is 9.84 Å². The maximum atomic E-state index is 10.2. The van der Waals surface area contributed by atoms with Gasteiger partial charge in [-0.15, -0.1) is 0 Å². The van der Waals surface area contributed by atoms with E-state index >= 15 is 0 Å². The molecule has 0 aliphatic rings. The van der Waals surface area contributed by atoms with Crippen LogP contribution in [0.1, 0.15) is 52.7 Å². The van der Waals surface area contributed by atoms with Gasteiger partial charge in [-0.2, -0.15) is 0 Å². The van der Waals surface area contributed by atoms with E-state index in [4.69, 9.17) is 4.74 Å². The van der Waals surface area contributed by atoms with Crippen LogP contribution in [0.4, 0.5) is 0 Å². The van der Waals surface area contributed by atoms with Gasteiger partial charge in [-0.1, -0.05) is 41.5 Å². The molecule has 0 heterocycles. The third-order valence-electron chi connectivity index (χ3n) is 2.87. The first-order valence-electron chi connectivity index (χ1n) is 6.00. The zero-order valence-corrected chi connectivity index (χ0v) is 12.0. The van der Waals surface area contributed by atoms with Gasteiger partial charge in [0.05, 0.1) is 7.11 Å². The fourth-order valence-electron chi connectivity index (χ4n) is 2.25. The lowest BCUT2D eigenvalue weighted by molar-refractivity contribution is 0.382. The second-order valence-corrected chi connectivity index (χ2v) is 6.54. The summed E-state index contributed by atoms with van der Waals surface area (Å²) in [6.07, 6.45) is 0. The summed E-state index contributed by atoms with van der Waals surface area (Å²) in [7, 11) is 1.67. The normalized spacial score (nSPS) is 12.6. The molecule has 0 aromatic heterocycles. The van der Waals surface area contributed by atoms with Gasteiger partial charge in [0.2, 0.25) is 0 Å². The molecule has 0 fully saturated rings. The van der Waals surface area contributed by atoms with E-state index in [0.717, 1.165) is 16.9 Å². The van der Waals surface area contributed by atoms with Crippen LogP contribution < -0.4 is 4.74 Å². The van der Waals surface area contributed by atoms with Gasteiger partial charge in [0.1, 0.15) is 11.5 Å². The quantitative estimate of drug-likeness (QED) is 0.798. The topological polar surface area (TPSA) is 29.5 Å². The predicted octanol–water partition coefficient (Wildman–Crippen LogP) is 4.00. The number of benzene rings is 1. The SMILES string of the molecule is COc1ccc(O)c(C(C)(C)C)c1C(C)(C)C. The Kier molecular flexibility index (Phi) is 3.47. The Bertz CT molecular complexity index is 406. The highest BCUT2D eigenvalue weighted by Crippen LogP contribution is 2.44. The summed E-state index contributed by atoms with van der Waals surface area (Å²) in [5, 5.41) is 10.2. The monoisotopic (exact) mass is 236 g/mol. The smallest absolute Gasteiger partial charge is 0.123 e. The highest BCUT2D eigenvalue weighted by molar-refractivity contribution is 5.54. The second-order valence-electron chi connectivity index (χ2n) is 6.54. The molecule has 96 valence electrons. The molecule has 2 heteroatoms. The number of hydrogen-bond donors (Lipinski definition) is 1. The Morgan fingerprint density at radius 1 is 0.882 bits per heavy atom. The van der Waals surface area contributed by atoms with Gasteiger partial charge in [-0.3, -0.25) is 0 Å². The molecule has 17 heavy (non-hydrogen) atoms. The summed E-state index contributed by atoms with van der Waals surface area (Å²) in [6.45, 7) is 12.7. The number of hydrogen-bond acceptors (Lipinski definition) is 2. The van der Waals surface area contributed by atoms with Crippen molar-refractivity contribution in [2.45, 2.75) is 52.4 Å². The van der Waals surface area contributed by atoms with Crippen LogP contribution in [0.3, 0.4) is 0 Å². The predicted molar refractivity (Wildman–Crippen MR) is 72.1 cm³/mol. The summed E-state index contributed by atoms with van der Waals surface area (Å²) in [5.41, 5.74) is 1.89. The Balaban J connectivity index is 3.67. The fourth-order valence-corrected chi connectivity index (χ4v) is 2.25. The van der Waals surface area contributed by atoms with Crippen molar-refractivity contribution in [2.75, 3.05) is 7.11 Å². The minimum absolute atomic E-state index is 0.0628. The van der Waals surface area contributed by atoms with Crippen LogP contribution in [0.2, 0.25) is 0 Å². The molecule has 0 saturated carbocycles. The largest absolute Gasteiger partial charge is 0.508 e. The first-order valence-corrected chi connectivity index (χ1v) is 6.00. The Hall–Kier alpha value is -1.18. The van der Waals surface area contributed by atoms with E-state index in [1.54, 1.807) is 13.2 Å². The average molecular weight is 236 g/mol. The van der Waals surface area contributed by atoms with Crippen molar-refractivity contribution in [3.8, 4) is 11.5 Å². The van der Waals surface area contributed by atoms with Crippen molar-refractivity contribution in [3.05, 3.63) is 23.3 Å². The molecular weight excluding hydrogens is 212 g/mol. The van der Waals surface area contributed by atoms with E-state index in [1.165, 1.54) is 0 Å². The van der Waals surface area contributed by atoms with Crippen molar-refractivity contribution < 1.29 is 9.84 Å². The molecule has 0 saturated heterocycles. The van der Waals surface area contributed by atoms with Gasteiger partial charge in [0, 0.05) is 11.1 Å². The average Bonchev–Trinajstić information content (AvgIpc) is 2.13. The molecule has 1 aromatic rings. The van der Waals surface area contributed by atoms with E-state index in [9.17, 15) is 5.11 Å². The maximum Gasteiger partial charge on any atom is 0.123 e. The van der Waals surface area contributed by atoms with Crippen molar-refractivity contribution in [3.63, 3.8) is 0 Å². The molecule has 1 N–H and O–H groups in total. The van der Waals surface area contributed by atoms with Crippen LogP contribution >= 0.6 is 0 Å². The zero-order valence-electron chi connectivity index (χ0n) is 12.0. The van der Waals surface area contributed by atoms with Gasteiger partial charge in [0.15, 0.2) is 0 Å². The van der Waals surface area contributed by atoms with Gasteiger partial charge >= 0.3 is 0 Å². The van der Waals surface area contributed by atoms with Crippen molar-refractivity contribution in [2.24, 2.45) is 0 Å². The summed E-state index contributed by atoms with van der Waals surface area (Å²) >= 11 is 0. The maximum absolute atomic E-state index is 10.2. The summed E-state index contributed by atoms with van der Waals surface area (Å²) < 4.78 is 5.45. The Labute approximate surface area is 105 Å². The number of methoxy groups -OCH3 is 1. The van der Waals surface area contributed by atoms with Crippen molar-refractivity contribution >= 4 is 0 Å².